The van der Waals surface area contributed by atoms with Crippen LogP contribution in [0.4, 0.5) is 0 Å². The quantitative estimate of drug-likeness (QED) is 0.433. The molecule has 5 nitrogen and oxygen atoms in total. The Kier molecular flexibility index (Phi) is 14.0. The van der Waals surface area contributed by atoms with Gasteiger partial charge >= 0.3 is 35.9 Å². The molecule has 0 saturated carbocycles. The molecule has 0 aromatic rings. The van der Waals surface area contributed by atoms with Crippen molar-refractivity contribution in [1.82, 2.24) is 0 Å². The van der Waals surface area contributed by atoms with Gasteiger partial charge in [-0.2, -0.15) is 0 Å². The fourth-order valence-corrected chi connectivity index (χ4v) is 0. The third-order valence-electron chi connectivity index (χ3n) is 0. The second-order valence-electron chi connectivity index (χ2n) is 0.333. The van der Waals surface area contributed by atoms with Gasteiger partial charge in [0.1, 0.15) is 0 Å². The summed E-state index contributed by atoms with van der Waals surface area (Å²) in [6.07, 6.45) is 0. The average Bonchev–Trinajstić information content (AvgIpc) is 1.33. The summed E-state index contributed by atoms with van der Waals surface area (Å²) in [5.74, 6) is 0. The molecule has 1 radical (unpaired) electrons. The summed E-state index contributed by atoms with van der Waals surface area (Å²) in [6, 6.07) is 0. The zero-order chi connectivity index (χ0) is 6.28. The minimum atomic E-state index is -4.03. The van der Waals surface area contributed by atoms with Crippen molar-refractivity contribution in [2.45, 2.75) is 0 Å². The van der Waals surface area contributed by atoms with Crippen LogP contribution in [0.1, 0.15) is 0 Å². The Morgan fingerprint density at radius 2 is 1.29 bits per heavy atom. The van der Waals surface area contributed by atoms with E-state index in [0.29, 0.717) is 0 Å². The third-order valence-corrected chi connectivity index (χ3v) is 0. The van der Waals surface area contributed by atoms with Gasteiger partial charge in [0.15, 0.2) is 0 Å². The van der Waals surface area contributed by atoms with Crippen LogP contribution in [0.15, 0.2) is 0 Å². The molecule has 0 unspecified atom stereocenters. The van der Waals surface area contributed by atoms with Crippen LogP contribution in [0.25, 0.3) is 0 Å². The molecule has 0 amide bonds. The van der Waals surface area contributed by atoms with Gasteiger partial charge in [-0.15, -0.1) is 0 Å². The SMILES string of the molecule is O[B]O.[O]=[W](=[O])[OH]. The molecule has 42 valence electrons. The molecule has 0 fully saturated rings. The van der Waals surface area contributed by atoms with Crippen molar-refractivity contribution < 1.29 is 38.2 Å². The molecule has 0 aliphatic heterocycles. The van der Waals surface area contributed by atoms with Gasteiger partial charge in [-0.3, -0.25) is 0 Å². The summed E-state index contributed by atoms with van der Waals surface area (Å²) in [6.45, 7) is 0. The molecule has 0 aliphatic rings. The summed E-state index contributed by atoms with van der Waals surface area (Å²) in [5.41, 5.74) is 0. The summed E-state index contributed by atoms with van der Waals surface area (Å²) in [4.78, 5) is 0. The number of hydrogen-bond donors (Lipinski definition) is 3. The van der Waals surface area contributed by atoms with Gasteiger partial charge in [-0.25, -0.2) is 0 Å². The standard InChI is InChI=1S/BH2O2.H2O.2O.W/c2-1-3;;;;/h2-3H;1H2;;;/q;;;;+1/p-1. The molecular formula is H3BO5W. The van der Waals surface area contributed by atoms with Crippen molar-refractivity contribution in [2.24, 2.45) is 0 Å². The fourth-order valence-electron chi connectivity index (χ4n) is 0. The summed E-state index contributed by atoms with van der Waals surface area (Å²) in [7, 11) is 0. The first kappa shape index (κ1) is 10.3. The zero-order valence-electron chi connectivity index (χ0n) is 3.14. The monoisotopic (exact) mass is 278 g/mol. The van der Waals surface area contributed by atoms with E-state index in [-0.39, 0.29) is 7.69 Å². The van der Waals surface area contributed by atoms with Gasteiger partial charge < -0.3 is 10.0 Å². The molecule has 0 saturated heterocycles. The Bertz CT molecular complexity index is 66.1. The van der Waals surface area contributed by atoms with E-state index in [9.17, 15) is 0 Å². The van der Waals surface area contributed by atoms with Crippen molar-refractivity contribution in [3.63, 3.8) is 0 Å². The summed E-state index contributed by atoms with van der Waals surface area (Å²) >= 11 is -4.03. The molecule has 0 aliphatic carbocycles. The Morgan fingerprint density at radius 3 is 1.29 bits per heavy atom. The van der Waals surface area contributed by atoms with Crippen molar-refractivity contribution in [1.29, 1.82) is 0 Å². The van der Waals surface area contributed by atoms with Gasteiger partial charge in [0.05, 0.1) is 0 Å². The van der Waals surface area contributed by atoms with Crippen LogP contribution in [0.3, 0.4) is 0 Å². The van der Waals surface area contributed by atoms with E-state index in [1.165, 1.54) is 0 Å². The average molecular weight is 278 g/mol. The Hall–Kier alpha value is 0.233. The molecule has 0 atom stereocenters. The second kappa shape index (κ2) is 9.53. The molecule has 0 aromatic carbocycles. The molecule has 7 heavy (non-hydrogen) atoms. The third kappa shape index (κ3) is 2050. The van der Waals surface area contributed by atoms with Gasteiger partial charge in [-0.05, 0) is 0 Å². The first-order chi connectivity index (χ1) is 3.15. The molecular weight excluding hydrogens is 275 g/mol. The molecule has 0 rings (SSSR count). The maximum atomic E-state index is 8.72. The van der Waals surface area contributed by atoms with Gasteiger partial charge in [0.25, 0.3) is 0 Å². The topological polar surface area (TPSA) is 94.8 Å². The first-order valence-corrected chi connectivity index (χ1v) is 4.74. The maximum absolute atomic E-state index is 8.72. The normalized spacial score (nSPS) is 5.57. The molecule has 0 bridgehead atoms. The van der Waals surface area contributed by atoms with Gasteiger partial charge in [0, 0.05) is 0 Å². The summed E-state index contributed by atoms with van der Waals surface area (Å²) in [5, 5.41) is 14.0. The first-order valence-electron chi connectivity index (χ1n) is 1.03. The number of hydrogen-bond acceptors (Lipinski definition) is 4. The van der Waals surface area contributed by atoms with Crippen molar-refractivity contribution >= 4 is 7.69 Å². The zero-order valence-corrected chi connectivity index (χ0v) is 6.08. The van der Waals surface area contributed by atoms with Gasteiger partial charge in [0.2, 0.25) is 0 Å². The van der Waals surface area contributed by atoms with Crippen LogP contribution >= 0.6 is 0 Å². The molecule has 3 N–H and O–H groups in total. The summed E-state index contributed by atoms with van der Waals surface area (Å²) < 4.78 is 24.6. The van der Waals surface area contributed by atoms with E-state index < -0.39 is 17.6 Å². The minimum absolute atomic E-state index is 0. The van der Waals surface area contributed by atoms with Crippen LogP contribution in [0.5, 0.6) is 0 Å². The molecule has 7 heteroatoms. The van der Waals surface area contributed by atoms with E-state index in [2.05, 4.69) is 0 Å². The Labute approximate surface area is 46.5 Å². The van der Waals surface area contributed by atoms with E-state index in [1.54, 1.807) is 0 Å². The second-order valence-corrected chi connectivity index (χ2v) is 1.89. The predicted octanol–water partition coefficient (Wildman–Crippen LogP) is -2.29. The molecule has 0 aromatic heterocycles. The van der Waals surface area contributed by atoms with Crippen LogP contribution in [-0.2, 0) is 24.4 Å². The fraction of sp³-hybridized carbons (Fsp3) is 0. The van der Waals surface area contributed by atoms with Crippen LogP contribution in [-0.4, -0.2) is 21.5 Å². The number of rotatable bonds is 0. The van der Waals surface area contributed by atoms with Gasteiger partial charge in [-0.1, -0.05) is 0 Å². The molecule has 0 spiro atoms. The van der Waals surface area contributed by atoms with Crippen LogP contribution in [0, 0.1) is 0 Å². The van der Waals surface area contributed by atoms with E-state index in [0.717, 1.165) is 0 Å². The van der Waals surface area contributed by atoms with E-state index >= 15 is 0 Å². The van der Waals surface area contributed by atoms with Crippen LogP contribution in [0.2, 0.25) is 0 Å². The van der Waals surface area contributed by atoms with E-state index in [1.807, 2.05) is 0 Å². The van der Waals surface area contributed by atoms with Crippen LogP contribution < -0.4 is 0 Å². The molecule has 0 heterocycles. The van der Waals surface area contributed by atoms with Crippen molar-refractivity contribution in [3.05, 3.63) is 0 Å². The van der Waals surface area contributed by atoms with Crippen molar-refractivity contribution in [2.75, 3.05) is 0 Å². The Morgan fingerprint density at radius 1 is 1.29 bits per heavy atom. The van der Waals surface area contributed by atoms with E-state index in [4.69, 9.17) is 20.6 Å². The predicted molar refractivity (Wildman–Crippen MR) is 13.8 cm³/mol. The Balaban J connectivity index is 0. The van der Waals surface area contributed by atoms with Crippen molar-refractivity contribution in [3.8, 4) is 0 Å².